The lowest BCUT2D eigenvalue weighted by Gasteiger charge is -2.07. The third-order valence-electron chi connectivity index (χ3n) is 4.23. The number of aryl methyl sites for hydroxylation is 1. The Hall–Kier alpha value is -3.12. The van der Waals surface area contributed by atoms with Crippen molar-refractivity contribution >= 4 is 23.3 Å². The molecule has 3 aromatic rings. The van der Waals surface area contributed by atoms with Crippen LogP contribution in [0.3, 0.4) is 0 Å². The van der Waals surface area contributed by atoms with Gasteiger partial charge in [0.2, 0.25) is 5.91 Å². The van der Waals surface area contributed by atoms with Crippen LogP contribution in [-0.4, -0.2) is 25.1 Å². The Kier molecular flexibility index (Phi) is 6.45. The van der Waals surface area contributed by atoms with Crippen molar-refractivity contribution in [3.63, 3.8) is 0 Å². The third-order valence-corrected chi connectivity index (χ3v) is 5.15. The van der Waals surface area contributed by atoms with Gasteiger partial charge in [-0.3, -0.25) is 4.79 Å². The highest BCUT2D eigenvalue weighted by molar-refractivity contribution is 7.13. The van der Waals surface area contributed by atoms with Gasteiger partial charge in [-0.2, -0.15) is 0 Å². The van der Waals surface area contributed by atoms with Gasteiger partial charge in [-0.15, -0.1) is 11.3 Å². The van der Waals surface area contributed by atoms with Gasteiger partial charge in [-0.1, -0.05) is 24.3 Å². The maximum Gasteiger partial charge on any atom is 0.244 e. The molecule has 1 aromatic heterocycles. The molecule has 2 aromatic carbocycles. The van der Waals surface area contributed by atoms with Crippen molar-refractivity contribution < 1.29 is 14.3 Å². The van der Waals surface area contributed by atoms with Crippen molar-refractivity contribution in [2.45, 2.75) is 13.5 Å². The molecule has 144 valence electrons. The lowest BCUT2D eigenvalue weighted by atomic mass is 10.1. The quantitative estimate of drug-likeness (QED) is 0.601. The van der Waals surface area contributed by atoms with Crippen LogP contribution < -0.4 is 14.8 Å². The monoisotopic (exact) mass is 394 g/mol. The molecule has 28 heavy (non-hydrogen) atoms. The first-order valence-corrected chi connectivity index (χ1v) is 9.67. The summed E-state index contributed by atoms with van der Waals surface area (Å²) in [5.74, 6) is 1.15. The number of ether oxygens (including phenoxy) is 2. The van der Waals surface area contributed by atoms with Gasteiger partial charge < -0.3 is 14.8 Å². The third kappa shape index (κ3) is 4.78. The van der Waals surface area contributed by atoms with E-state index in [0.29, 0.717) is 18.0 Å². The molecule has 6 heteroatoms. The second-order valence-corrected chi connectivity index (χ2v) is 6.98. The molecule has 0 aliphatic carbocycles. The van der Waals surface area contributed by atoms with E-state index in [-0.39, 0.29) is 5.91 Å². The maximum absolute atomic E-state index is 12.2. The summed E-state index contributed by atoms with van der Waals surface area (Å²) < 4.78 is 10.5. The SMILES string of the molecule is COc1ccc(/C=C/C(=O)NCc2csc(-c3ccccc3C)n2)c(OC)c1. The standard InChI is InChI=1S/C22H22N2O3S/c1-15-6-4-5-7-19(15)22-24-17(14-28-22)13-23-21(25)11-9-16-8-10-18(26-2)12-20(16)27-3/h4-12,14H,13H2,1-3H3,(H,23,25)/b11-9+. The Balaban J connectivity index is 1.61. The highest BCUT2D eigenvalue weighted by Crippen LogP contribution is 2.27. The zero-order valence-corrected chi connectivity index (χ0v) is 16.9. The molecular formula is C22H22N2O3S. The molecule has 0 atom stereocenters. The van der Waals surface area contributed by atoms with Gasteiger partial charge in [0.05, 0.1) is 26.5 Å². The fraction of sp³-hybridized carbons (Fsp3) is 0.182. The van der Waals surface area contributed by atoms with E-state index >= 15 is 0 Å². The fourth-order valence-corrected chi connectivity index (χ4v) is 3.59. The van der Waals surface area contributed by atoms with Crippen LogP contribution in [0.4, 0.5) is 0 Å². The summed E-state index contributed by atoms with van der Waals surface area (Å²) in [4.78, 5) is 16.8. The Bertz CT molecular complexity index is 995. The molecule has 3 rings (SSSR count). The Labute approximate surface area is 168 Å². The van der Waals surface area contributed by atoms with Gasteiger partial charge in [0.25, 0.3) is 0 Å². The first kappa shape index (κ1) is 19.6. The summed E-state index contributed by atoms with van der Waals surface area (Å²) in [7, 11) is 3.18. The minimum atomic E-state index is -0.191. The number of nitrogens with zero attached hydrogens (tertiary/aromatic N) is 1. The number of methoxy groups -OCH3 is 2. The molecule has 0 bridgehead atoms. The molecule has 0 spiro atoms. The van der Waals surface area contributed by atoms with Gasteiger partial charge in [0, 0.05) is 28.6 Å². The molecule has 1 N–H and O–H groups in total. The number of hydrogen-bond acceptors (Lipinski definition) is 5. The van der Waals surface area contributed by atoms with E-state index in [9.17, 15) is 4.79 Å². The predicted molar refractivity (Wildman–Crippen MR) is 113 cm³/mol. The van der Waals surface area contributed by atoms with Crippen LogP contribution in [0.15, 0.2) is 53.9 Å². The van der Waals surface area contributed by atoms with Crippen molar-refractivity contribution in [1.29, 1.82) is 0 Å². The highest BCUT2D eigenvalue weighted by Gasteiger charge is 2.08. The second kappa shape index (κ2) is 9.19. The average molecular weight is 394 g/mol. The van der Waals surface area contributed by atoms with Crippen LogP contribution in [0.2, 0.25) is 0 Å². The van der Waals surface area contributed by atoms with E-state index < -0.39 is 0 Å². The van der Waals surface area contributed by atoms with Gasteiger partial charge >= 0.3 is 0 Å². The fourth-order valence-electron chi connectivity index (χ4n) is 2.68. The van der Waals surface area contributed by atoms with Gasteiger partial charge in [-0.05, 0) is 30.7 Å². The van der Waals surface area contributed by atoms with E-state index in [2.05, 4.69) is 29.4 Å². The molecule has 0 aliphatic rings. The molecular weight excluding hydrogens is 372 g/mol. The summed E-state index contributed by atoms with van der Waals surface area (Å²) in [6, 6.07) is 13.6. The number of rotatable bonds is 7. The van der Waals surface area contributed by atoms with E-state index in [1.807, 2.05) is 29.6 Å². The Morgan fingerprint density at radius 3 is 2.75 bits per heavy atom. The predicted octanol–water partition coefficient (Wildman–Crippen LogP) is 4.47. The van der Waals surface area contributed by atoms with E-state index in [4.69, 9.17) is 9.47 Å². The van der Waals surface area contributed by atoms with Crippen molar-refractivity contribution in [1.82, 2.24) is 10.3 Å². The van der Waals surface area contributed by atoms with Crippen molar-refractivity contribution in [3.05, 3.63) is 70.7 Å². The van der Waals surface area contributed by atoms with Gasteiger partial charge in [0.1, 0.15) is 16.5 Å². The first-order chi connectivity index (χ1) is 13.6. The van der Waals surface area contributed by atoms with Crippen LogP contribution >= 0.6 is 11.3 Å². The number of thiazole rings is 1. The smallest absolute Gasteiger partial charge is 0.244 e. The zero-order valence-electron chi connectivity index (χ0n) is 16.1. The number of amides is 1. The summed E-state index contributed by atoms with van der Waals surface area (Å²) >= 11 is 1.58. The molecule has 0 saturated carbocycles. The summed E-state index contributed by atoms with van der Waals surface area (Å²) in [6.07, 6.45) is 3.20. The average Bonchev–Trinajstić information content (AvgIpc) is 3.19. The lowest BCUT2D eigenvalue weighted by Crippen LogP contribution is -2.20. The van der Waals surface area contributed by atoms with Crippen LogP contribution in [0.25, 0.3) is 16.6 Å². The van der Waals surface area contributed by atoms with Crippen molar-refractivity contribution in [3.8, 4) is 22.1 Å². The summed E-state index contributed by atoms with van der Waals surface area (Å²) in [5.41, 5.74) is 3.95. The number of carbonyl (C=O) groups is 1. The largest absolute Gasteiger partial charge is 0.497 e. The van der Waals surface area contributed by atoms with Crippen molar-refractivity contribution in [2.75, 3.05) is 14.2 Å². The molecule has 0 saturated heterocycles. The topological polar surface area (TPSA) is 60.5 Å². The normalized spacial score (nSPS) is 10.8. The van der Waals surface area contributed by atoms with Crippen LogP contribution in [0.5, 0.6) is 11.5 Å². The lowest BCUT2D eigenvalue weighted by molar-refractivity contribution is -0.116. The van der Waals surface area contributed by atoms with Crippen LogP contribution in [0, 0.1) is 6.92 Å². The van der Waals surface area contributed by atoms with Crippen LogP contribution in [-0.2, 0) is 11.3 Å². The van der Waals surface area contributed by atoms with Crippen LogP contribution in [0.1, 0.15) is 16.8 Å². The first-order valence-electron chi connectivity index (χ1n) is 8.79. The summed E-state index contributed by atoms with van der Waals surface area (Å²) in [6.45, 7) is 2.45. The number of hydrogen-bond donors (Lipinski definition) is 1. The highest BCUT2D eigenvalue weighted by atomic mass is 32.1. The van der Waals surface area contributed by atoms with E-state index in [1.54, 1.807) is 37.7 Å². The van der Waals surface area contributed by atoms with E-state index in [0.717, 1.165) is 21.8 Å². The minimum absolute atomic E-state index is 0.191. The zero-order chi connectivity index (χ0) is 19.9. The molecule has 0 radical (unpaired) electrons. The Morgan fingerprint density at radius 2 is 2.00 bits per heavy atom. The Morgan fingerprint density at radius 1 is 1.18 bits per heavy atom. The molecule has 0 fully saturated rings. The summed E-state index contributed by atoms with van der Waals surface area (Å²) in [5, 5.41) is 5.79. The molecule has 0 aliphatic heterocycles. The molecule has 0 unspecified atom stereocenters. The van der Waals surface area contributed by atoms with Gasteiger partial charge in [0.15, 0.2) is 0 Å². The number of aromatic nitrogens is 1. The number of nitrogens with one attached hydrogen (secondary N) is 1. The van der Waals surface area contributed by atoms with Crippen molar-refractivity contribution in [2.24, 2.45) is 0 Å². The molecule has 1 heterocycles. The maximum atomic E-state index is 12.2. The van der Waals surface area contributed by atoms with Gasteiger partial charge in [-0.25, -0.2) is 4.98 Å². The minimum Gasteiger partial charge on any atom is -0.497 e. The number of benzene rings is 2. The second-order valence-electron chi connectivity index (χ2n) is 6.12. The van der Waals surface area contributed by atoms with E-state index in [1.165, 1.54) is 11.6 Å². The number of carbonyl (C=O) groups excluding carboxylic acids is 1. The molecule has 1 amide bonds. The molecule has 5 nitrogen and oxygen atoms in total.